The molecule has 2 aliphatic heterocycles. The number of ether oxygens (including phenoxy) is 2. The van der Waals surface area contributed by atoms with E-state index in [0.717, 1.165) is 34.2 Å². The SMILES string of the molecule is C=C/C=C(\C)N(C)C1=C(/C=C/CNc2ccc3c(c2)OCCO3)CS(=O)(=O)CC1. The van der Waals surface area contributed by atoms with Gasteiger partial charge in [0.05, 0.1) is 11.5 Å². The van der Waals surface area contributed by atoms with Crippen molar-refractivity contribution in [1.29, 1.82) is 0 Å². The van der Waals surface area contributed by atoms with Crippen LogP contribution in [0.2, 0.25) is 0 Å². The molecule has 0 aromatic heterocycles. The Labute approximate surface area is 173 Å². The van der Waals surface area contributed by atoms with Crippen LogP contribution >= 0.6 is 0 Å². The minimum Gasteiger partial charge on any atom is -0.486 e. The van der Waals surface area contributed by atoms with Gasteiger partial charge in [0, 0.05) is 43.2 Å². The number of sulfone groups is 1. The van der Waals surface area contributed by atoms with Crippen molar-refractivity contribution in [2.75, 3.05) is 43.6 Å². The Morgan fingerprint density at radius 2 is 2.03 bits per heavy atom. The maximum atomic E-state index is 12.2. The lowest BCUT2D eigenvalue weighted by Gasteiger charge is -2.29. The van der Waals surface area contributed by atoms with Crippen LogP contribution in [0.5, 0.6) is 11.5 Å². The van der Waals surface area contributed by atoms with E-state index in [1.807, 2.05) is 55.3 Å². The second kappa shape index (κ2) is 9.22. The first-order valence-corrected chi connectivity index (χ1v) is 11.5. The number of rotatable bonds is 7. The molecule has 0 aliphatic carbocycles. The van der Waals surface area contributed by atoms with Gasteiger partial charge in [-0.2, -0.15) is 0 Å². The van der Waals surface area contributed by atoms with E-state index < -0.39 is 9.84 Å². The van der Waals surface area contributed by atoms with Gasteiger partial charge < -0.3 is 19.7 Å². The molecular weight excluding hydrogens is 388 g/mol. The van der Waals surface area contributed by atoms with Crippen LogP contribution in [0.3, 0.4) is 0 Å². The minimum absolute atomic E-state index is 0.0641. The molecular formula is C22H28N2O4S. The molecule has 1 aromatic carbocycles. The highest BCUT2D eigenvalue weighted by Crippen LogP contribution is 2.32. The van der Waals surface area contributed by atoms with E-state index in [-0.39, 0.29) is 11.5 Å². The Hall–Kier alpha value is -2.67. The summed E-state index contributed by atoms with van der Waals surface area (Å²) < 4.78 is 35.4. The van der Waals surface area contributed by atoms with E-state index in [1.54, 1.807) is 6.08 Å². The summed E-state index contributed by atoms with van der Waals surface area (Å²) in [7, 11) is -1.10. The van der Waals surface area contributed by atoms with E-state index in [9.17, 15) is 8.42 Å². The Kier molecular flexibility index (Phi) is 6.69. The van der Waals surface area contributed by atoms with Crippen molar-refractivity contribution in [2.24, 2.45) is 0 Å². The molecule has 1 N–H and O–H groups in total. The van der Waals surface area contributed by atoms with Crippen molar-refractivity contribution in [1.82, 2.24) is 4.90 Å². The predicted octanol–water partition coefficient (Wildman–Crippen LogP) is 3.52. The standard InChI is InChI=1S/C22H28N2O4S/c1-4-6-17(2)24(3)20-10-14-29(25,26)16-18(20)7-5-11-23-19-8-9-21-22(15-19)28-13-12-27-21/h4-9,15,23H,1,10-14,16H2,2-3H3/b7-5+,17-6+. The molecule has 0 saturated heterocycles. The van der Waals surface area contributed by atoms with Crippen molar-refractivity contribution < 1.29 is 17.9 Å². The quantitative estimate of drug-likeness (QED) is 0.686. The van der Waals surface area contributed by atoms with Gasteiger partial charge in [0.1, 0.15) is 13.2 Å². The van der Waals surface area contributed by atoms with E-state index in [4.69, 9.17) is 9.47 Å². The summed E-state index contributed by atoms with van der Waals surface area (Å²) in [5, 5.41) is 3.31. The zero-order chi connectivity index (χ0) is 20.9. The van der Waals surface area contributed by atoms with Crippen molar-refractivity contribution >= 4 is 15.5 Å². The highest BCUT2D eigenvalue weighted by molar-refractivity contribution is 7.91. The van der Waals surface area contributed by atoms with Crippen LogP contribution in [0.1, 0.15) is 13.3 Å². The molecule has 6 nitrogen and oxygen atoms in total. The zero-order valence-corrected chi connectivity index (χ0v) is 17.8. The zero-order valence-electron chi connectivity index (χ0n) is 17.0. The van der Waals surface area contributed by atoms with Gasteiger partial charge in [0.15, 0.2) is 21.3 Å². The Balaban J connectivity index is 1.71. The number of benzene rings is 1. The highest BCUT2D eigenvalue weighted by atomic mass is 32.2. The van der Waals surface area contributed by atoms with Gasteiger partial charge in [-0.15, -0.1) is 0 Å². The third kappa shape index (κ3) is 5.44. The molecule has 7 heteroatoms. The van der Waals surface area contributed by atoms with Gasteiger partial charge in [0.25, 0.3) is 0 Å². The average Bonchev–Trinajstić information content (AvgIpc) is 2.70. The number of anilines is 1. The van der Waals surface area contributed by atoms with Gasteiger partial charge in [0.2, 0.25) is 0 Å². The maximum absolute atomic E-state index is 12.2. The Morgan fingerprint density at radius 1 is 1.28 bits per heavy atom. The summed E-state index contributed by atoms with van der Waals surface area (Å²) in [5.41, 5.74) is 3.81. The van der Waals surface area contributed by atoms with Crippen LogP contribution in [0.4, 0.5) is 5.69 Å². The fourth-order valence-electron chi connectivity index (χ4n) is 3.36. The van der Waals surface area contributed by atoms with E-state index in [0.29, 0.717) is 26.2 Å². The largest absolute Gasteiger partial charge is 0.486 e. The normalized spacial score (nSPS) is 18.6. The number of nitrogens with one attached hydrogen (secondary N) is 1. The smallest absolute Gasteiger partial charge is 0.163 e. The number of allylic oxidation sites excluding steroid dienone is 5. The summed E-state index contributed by atoms with van der Waals surface area (Å²) in [5.74, 6) is 1.74. The lowest BCUT2D eigenvalue weighted by molar-refractivity contribution is 0.171. The Morgan fingerprint density at radius 3 is 2.79 bits per heavy atom. The highest BCUT2D eigenvalue weighted by Gasteiger charge is 2.24. The number of nitrogens with zero attached hydrogens (tertiary/aromatic N) is 1. The molecule has 156 valence electrons. The monoisotopic (exact) mass is 416 g/mol. The summed E-state index contributed by atoms with van der Waals surface area (Å²) in [6, 6.07) is 5.74. The van der Waals surface area contributed by atoms with Crippen LogP contribution in [0.15, 0.2) is 66.0 Å². The predicted molar refractivity (Wildman–Crippen MR) is 117 cm³/mol. The first-order valence-electron chi connectivity index (χ1n) is 9.65. The van der Waals surface area contributed by atoms with E-state index in [1.165, 1.54) is 0 Å². The maximum Gasteiger partial charge on any atom is 0.163 e. The molecule has 0 spiro atoms. The first kappa shape index (κ1) is 21.0. The first-order chi connectivity index (χ1) is 13.9. The van der Waals surface area contributed by atoms with Crippen molar-refractivity contribution in [3.05, 3.63) is 66.0 Å². The molecule has 0 radical (unpaired) electrons. The molecule has 0 bridgehead atoms. The molecule has 3 rings (SSSR count). The fraction of sp³-hybridized carbons (Fsp3) is 0.364. The van der Waals surface area contributed by atoms with Crippen LogP contribution in [0.25, 0.3) is 0 Å². The van der Waals surface area contributed by atoms with Gasteiger partial charge in [-0.3, -0.25) is 0 Å². The van der Waals surface area contributed by atoms with Crippen molar-refractivity contribution in [2.45, 2.75) is 13.3 Å². The third-order valence-corrected chi connectivity index (χ3v) is 6.55. The van der Waals surface area contributed by atoms with Gasteiger partial charge in [-0.25, -0.2) is 8.42 Å². The molecule has 0 atom stereocenters. The van der Waals surface area contributed by atoms with Gasteiger partial charge >= 0.3 is 0 Å². The minimum atomic E-state index is -3.06. The number of hydrogen-bond acceptors (Lipinski definition) is 6. The molecule has 0 unspecified atom stereocenters. The fourth-order valence-corrected chi connectivity index (χ4v) is 4.74. The number of fused-ring (bicyclic) bond motifs is 1. The van der Waals surface area contributed by atoms with Crippen LogP contribution in [0, 0.1) is 0 Å². The molecule has 2 heterocycles. The molecule has 0 saturated carbocycles. The Bertz CT molecular complexity index is 961. The van der Waals surface area contributed by atoms with E-state index >= 15 is 0 Å². The molecule has 0 fully saturated rings. The van der Waals surface area contributed by atoms with Crippen molar-refractivity contribution in [3.8, 4) is 11.5 Å². The average molecular weight is 417 g/mol. The summed E-state index contributed by atoms with van der Waals surface area (Å²) in [6.45, 7) is 7.41. The van der Waals surface area contributed by atoms with Gasteiger partial charge in [-0.05, 0) is 30.7 Å². The van der Waals surface area contributed by atoms with E-state index in [2.05, 4.69) is 11.9 Å². The third-order valence-electron chi connectivity index (χ3n) is 4.97. The molecule has 0 amide bonds. The second-order valence-electron chi connectivity index (χ2n) is 7.06. The van der Waals surface area contributed by atoms with Crippen LogP contribution in [-0.2, 0) is 9.84 Å². The van der Waals surface area contributed by atoms with Crippen LogP contribution in [-0.4, -0.2) is 51.6 Å². The van der Waals surface area contributed by atoms with Gasteiger partial charge in [-0.1, -0.05) is 24.8 Å². The summed E-state index contributed by atoms with van der Waals surface area (Å²) in [6.07, 6.45) is 8.03. The lowest BCUT2D eigenvalue weighted by atomic mass is 10.1. The second-order valence-corrected chi connectivity index (χ2v) is 9.24. The summed E-state index contributed by atoms with van der Waals surface area (Å²) >= 11 is 0. The molecule has 29 heavy (non-hydrogen) atoms. The molecule has 2 aliphatic rings. The van der Waals surface area contributed by atoms with Crippen molar-refractivity contribution in [3.63, 3.8) is 0 Å². The van der Waals surface area contributed by atoms with Crippen LogP contribution < -0.4 is 14.8 Å². The lowest BCUT2D eigenvalue weighted by Crippen LogP contribution is -2.27. The number of hydrogen-bond donors (Lipinski definition) is 1. The topological polar surface area (TPSA) is 67.9 Å². The molecule has 1 aromatic rings. The summed E-state index contributed by atoms with van der Waals surface area (Å²) in [4.78, 5) is 2.05.